The molecule has 0 aliphatic rings. The minimum Gasteiger partial charge on any atom is -0.467 e. The molecule has 6 nitrogen and oxygen atoms in total. The lowest BCUT2D eigenvalue weighted by molar-refractivity contribution is -0.696. The van der Waals surface area contributed by atoms with E-state index in [9.17, 15) is 9.59 Å². The van der Waals surface area contributed by atoms with Gasteiger partial charge in [0.2, 0.25) is 6.33 Å². The summed E-state index contributed by atoms with van der Waals surface area (Å²) in [5.74, 6) is -0.725. The highest BCUT2D eigenvalue weighted by molar-refractivity contribution is 5.96. The average molecular weight is 358 g/mol. The molecule has 2 rings (SSSR count). The number of hydrogen-bond acceptors (Lipinski definition) is 3. The summed E-state index contributed by atoms with van der Waals surface area (Å²) in [6, 6.07) is 8.15. The first-order chi connectivity index (χ1) is 12.6. The fourth-order valence-electron chi connectivity index (χ4n) is 2.92. The van der Waals surface area contributed by atoms with Gasteiger partial charge in [-0.05, 0) is 25.0 Å². The zero-order valence-corrected chi connectivity index (χ0v) is 15.8. The number of ether oxygens (including phenoxy) is 1. The molecule has 0 saturated carbocycles. The molecule has 0 fully saturated rings. The van der Waals surface area contributed by atoms with Crippen LogP contribution in [-0.2, 0) is 29.0 Å². The van der Waals surface area contributed by atoms with Crippen LogP contribution < -0.4 is 9.88 Å². The molecule has 0 spiro atoms. The fourth-order valence-corrected chi connectivity index (χ4v) is 2.92. The summed E-state index contributed by atoms with van der Waals surface area (Å²) in [6.07, 6.45) is 6.53. The predicted octanol–water partition coefficient (Wildman–Crippen LogP) is 2.11. The van der Waals surface area contributed by atoms with Gasteiger partial charge in [0, 0.05) is 12.0 Å². The zero-order valence-electron chi connectivity index (χ0n) is 15.8. The normalized spacial score (nSPS) is 11.8. The number of aryl methyl sites for hydroxylation is 2. The number of benzene rings is 1. The van der Waals surface area contributed by atoms with Gasteiger partial charge in [0.05, 0.1) is 20.2 Å². The second-order valence-electron chi connectivity index (χ2n) is 6.29. The van der Waals surface area contributed by atoms with Crippen molar-refractivity contribution in [2.24, 2.45) is 0 Å². The van der Waals surface area contributed by atoms with Gasteiger partial charge in [-0.25, -0.2) is 13.9 Å². The molecular formula is C20H28N3O3+. The summed E-state index contributed by atoms with van der Waals surface area (Å²) in [7, 11) is 1.34. The molecule has 1 aromatic heterocycles. The molecule has 0 radical (unpaired) electrons. The third kappa shape index (κ3) is 5.18. The summed E-state index contributed by atoms with van der Waals surface area (Å²) < 4.78 is 9.17. The van der Waals surface area contributed by atoms with E-state index in [-0.39, 0.29) is 5.91 Å². The molecule has 0 bridgehead atoms. The lowest BCUT2D eigenvalue weighted by atomic mass is 10.1. The number of esters is 1. The number of methoxy groups -OCH3 is 1. The first kappa shape index (κ1) is 19.7. The first-order valence-corrected chi connectivity index (χ1v) is 9.10. The molecule has 1 amide bonds. The van der Waals surface area contributed by atoms with Gasteiger partial charge in [-0.3, -0.25) is 4.79 Å². The molecule has 0 aliphatic carbocycles. The van der Waals surface area contributed by atoms with Crippen molar-refractivity contribution in [3.8, 4) is 0 Å². The van der Waals surface area contributed by atoms with Crippen LogP contribution in [0.2, 0.25) is 0 Å². The SMILES string of the molecule is CCCn1c[n+](CCC)cc1CC(NC(=O)c1ccccc1)C(=O)OC. The molecule has 1 heterocycles. The molecule has 1 atom stereocenters. The van der Waals surface area contributed by atoms with Gasteiger partial charge in [0.25, 0.3) is 5.91 Å². The van der Waals surface area contributed by atoms with Crippen LogP contribution in [0.4, 0.5) is 0 Å². The highest BCUT2D eigenvalue weighted by Gasteiger charge is 2.26. The van der Waals surface area contributed by atoms with Gasteiger partial charge in [0.15, 0.2) is 0 Å². The Morgan fingerprint density at radius 3 is 2.54 bits per heavy atom. The Kier molecular flexibility index (Phi) is 7.38. The number of carbonyl (C=O) groups is 2. The quantitative estimate of drug-likeness (QED) is 0.552. The number of hydrogen-bond donors (Lipinski definition) is 1. The first-order valence-electron chi connectivity index (χ1n) is 9.10. The summed E-state index contributed by atoms with van der Waals surface area (Å²) >= 11 is 0. The molecule has 0 aliphatic heterocycles. The number of aromatic nitrogens is 2. The van der Waals surface area contributed by atoms with Crippen LogP contribution in [0.25, 0.3) is 0 Å². The summed E-state index contributed by atoms with van der Waals surface area (Å²) in [4.78, 5) is 24.7. The molecule has 1 unspecified atom stereocenters. The molecule has 6 heteroatoms. The second kappa shape index (κ2) is 9.75. The zero-order chi connectivity index (χ0) is 18.9. The Morgan fingerprint density at radius 2 is 1.92 bits per heavy atom. The summed E-state index contributed by atoms with van der Waals surface area (Å²) in [5, 5.41) is 2.81. The summed E-state index contributed by atoms with van der Waals surface area (Å²) in [6.45, 7) is 6.03. The van der Waals surface area contributed by atoms with Gasteiger partial charge in [-0.1, -0.05) is 32.0 Å². The highest BCUT2D eigenvalue weighted by atomic mass is 16.5. The van der Waals surface area contributed by atoms with E-state index in [1.807, 2.05) is 12.3 Å². The van der Waals surface area contributed by atoms with E-state index in [4.69, 9.17) is 4.74 Å². The van der Waals surface area contributed by atoms with Gasteiger partial charge in [-0.15, -0.1) is 0 Å². The topological polar surface area (TPSA) is 64.2 Å². The van der Waals surface area contributed by atoms with E-state index in [0.717, 1.165) is 31.6 Å². The van der Waals surface area contributed by atoms with Crippen molar-refractivity contribution in [1.82, 2.24) is 9.88 Å². The Hall–Kier alpha value is -2.63. The van der Waals surface area contributed by atoms with Gasteiger partial charge >= 0.3 is 5.97 Å². The average Bonchev–Trinajstić information content (AvgIpc) is 3.03. The van der Waals surface area contributed by atoms with Crippen LogP contribution >= 0.6 is 0 Å². The Labute approximate surface area is 154 Å². The molecule has 0 saturated heterocycles. The molecule has 1 N–H and O–H groups in total. The van der Waals surface area contributed by atoms with Gasteiger partial charge < -0.3 is 10.1 Å². The van der Waals surface area contributed by atoms with Crippen molar-refractivity contribution < 1.29 is 18.9 Å². The standard InChI is InChI=1S/C20H27N3O3/c1-4-11-22-14-17(23(15-22)12-5-2)13-18(20(25)26-3)21-19(24)16-9-7-6-8-10-16/h6-10,14-15,18H,4-5,11-13H2,1-3H3/p+1. The van der Waals surface area contributed by atoms with Crippen LogP contribution in [-0.4, -0.2) is 29.6 Å². The van der Waals surface area contributed by atoms with E-state index >= 15 is 0 Å². The van der Waals surface area contributed by atoms with Crippen LogP contribution in [0.3, 0.4) is 0 Å². The predicted molar refractivity (Wildman–Crippen MR) is 98.6 cm³/mol. The lowest BCUT2D eigenvalue weighted by Crippen LogP contribution is -2.43. The number of amides is 1. The van der Waals surface area contributed by atoms with Crippen molar-refractivity contribution in [3.63, 3.8) is 0 Å². The highest BCUT2D eigenvalue weighted by Crippen LogP contribution is 2.07. The maximum absolute atomic E-state index is 12.5. The maximum atomic E-state index is 12.5. The number of imidazole rings is 1. The van der Waals surface area contributed by atoms with Gasteiger partial charge in [-0.2, -0.15) is 0 Å². The monoisotopic (exact) mass is 358 g/mol. The molecule has 2 aromatic rings. The van der Waals surface area contributed by atoms with Crippen molar-refractivity contribution in [3.05, 3.63) is 54.1 Å². The van der Waals surface area contributed by atoms with Crippen molar-refractivity contribution in [1.29, 1.82) is 0 Å². The van der Waals surface area contributed by atoms with Crippen LogP contribution in [0.15, 0.2) is 42.9 Å². The molecule has 1 aromatic carbocycles. The van der Waals surface area contributed by atoms with Crippen LogP contribution in [0, 0.1) is 0 Å². The number of rotatable bonds is 9. The third-order valence-corrected chi connectivity index (χ3v) is 4.16. The van der Waals surface area contributed by atoms with E-state index < -0.39 is 12.0 Å². The number of carbonyl (C=O) groups excluding carboxylic acids is 2. The van der Waals surface area contributed by atoms with E-state index in [2.05, 4.69) is 34.6 Å². The lowest BCUT2D eigenvalue weighted by Gasteiger charge is -2.15. The Balaban J connectivity index is 2.20. The van der Waals surface area contributed by atoms with Crippen molar-refractivity contribution in [2.45, 2.75) is 52.2 Å². The summed E-state index contributed by atoms with van der Waals surface area (Å²) in [5.41, 5.74) is 1.52. The second-order valence-corrected chi connectivity index (χ2v) is 6.29. The number of nitrogens with zero attached hydrogens (tertiary/aromatic N) is 2. The molecule has 26 heavy (non-hydrogen) atoms. The van der Waals surface area contributed by atoms with Crippen LogP contribution in [0.1, 0.15) is 42.7 Å². The smallest absolute Gasteiger partial charge is 0.328 e. The third-order valence-electron chi connectivity index (χ3n) is 4.16. The van der Waals surface area contributed by atoms with Crippen molar-refractivity contribution in [2.75, 3.05) is 7.11 Å². The largest absolute Gasteiger partial charge is 0.467 e. The van der Waals surface area contributed by atoms with Gasteiger partial charge in [0.1, 0.15) is 17.9 Å². The van der Waals surface area contributed by atoms with E-state index in [1.54, 1.807) is 24.3 Å². The maximum Gasteiger partial charge on any atom is 0.328 e. The number of nitrogens with one attached hydrogen (secondary N) is 1. The van der Waals surface area contributed by atoms with Crippen molar-refractivity contribution >= 4 is 11.9 Å². The fraction of sp³-hybridized carbons (Fsp3) is 0.450. The minimum absolute atomic E-state index is 0.281. The van der Waals surface area contributed by atoms with E-state index in [1.165, 1.54) is 7.11 Å². The van der Waals surface area contributed by atoms with E-state index in [0.29, 0.717) is 12.0 Å². The molecule has 140 valence electrons. The Bertz CT molecular complexity index is 725. The minimum atomic E-state index is -0.728. The Morgan fingerprint density at radius 1 is 1.19 bits per heavy atom. The molecular weight excluding hydrogens is 330 g/mol. The van der Waals surface area contributed by atoms with Crippen LogP contribution in [0.5, 0.6) is 0 Å².